The van der Waals surface area contributed by atoms with Gasteiger partial charge in [-0.05, 0) is 86.5 Å². The van der Waals surface area contributed by atoms with E-state index in [1.807, 2.05) is 41.5 Å². The number of aromatic nitrogens is 4. The average molecular weight is 525 g/mol. The standard InChI is InChI=1S/C27H48N4O6/c1-7-28-20-22(32)30(24(28)34)26(3,4)14-9-11-16-36-18-13-19-37-17-12-10-15-27(5,6)31-23(33)21-29(8-2)25(31)35/h20-21,32-33H,7-19H2,1-6H3. The molecule has 2 aromatic rings. The van der Waals surface area contributed by atoms with Crippen molar-refractivity contribution in [1.29, 1.82) is 0 Å². The molecule has 2 N–H and O–H groups in total. The molecule has 0 atom stereocenters. The number of ether oxygens (including phenoxy) is 2. The van der Waals surface area contributed by atoms with Crippen LogP contribution in [0.5, 0.6) is 11.8 Å². The third-order valence-electron chi connectivity index (χ3n) is 7.00. The van der Waals surface area contributed by atoms with Gasteiger partial charge in [-0.25, -0.2) is 9.59 Å². The highest BCUT2D eigenvalue weighted by molar-refractivity contribution is 5.10. The molecule has 0 aromatic carbocycles. The van der Waals surface area contributed by atoms with Gasteiger partial charge in [0, 0.05) is 50.6 Å². The van der Waals surface area contributed by atoms with Gasteiger partial charge in [-0.1, -0.05) is 0 Å². The maximum Gasteiger partial charge on any atom is 0.331 e. The molecule has 2 aromatic heterocycles. The van der Waals surface area contributed by atoms with E-state index in [0.717, 1.165) is 44.9 Å². The van der Waals surface area contributed by atoms with Gasteiger partial charge in [-0.3, -0.25) is 18.3 Å². The molecule has 10 nitrogen and oxygen atoms in total. The largest absolute Gasteiger partial charge is 0.493 e. The van der Waals surface area contributed by atoms with Crippen LogP contribution in [0.3, 0.4) is 0 Å². The van der Waals surface area contributed by atoms with Crippen molar-refractivity contribution in [3.05, 3.63) is 33.4 Å². The third-order valence-corrected chi connectivity index (χ3v) is 7.00. The van der Waals surface area contributed by atoms with Crippen LogP contribution in [0, 0.1) is 0 Å². The summed E-state index contributed by atoms with van der Waals surface area (Å²) in [5.41, 5.74) is -1.26. The van der Waals surface area contributed by atoms with E-state index in [9.17, 15) is 19.8 Å². The highest BCUT2D eigenvalue weighted by Crippen LogP contribution is 2.27. The molecular formula is C27H48N4O6. The molecular weight excluding hydrogens is 476 g/mol. The molecule has 0 radical (unpaired) electrons. The van der Waals surface area contributed by atoms with Gasteiger partial charge < -0.3 is 19.7 Å². The van der Waals surface area contributed by atoms with E-state index in [-0.39, 0.29) is 23.1 Å². The summed E-state index contributed by atoms with van der Waals surface area (Å²) in [5, 5.41) is 20.3. The molecule has 10 heteroatoms. The Balaban J connectivity index is 1.52. The normalized spacial score (nSPS) is 12.5. The zero-order valence-corrected chi connectivity index (χ0v) is 23.7. The van der Waals surface area contributed by atoms with Gasteiger partial charge in [-0.15, -0.1) is 0 Å². The second-order valence-corrected chi connectivity index (χ2v) is 10.9. The SMILES string of the molecule is CCn1cc(O)n(C(C)(C)CCCCOCCCOCCCCC(C)(C)n2c(O)cn(CC)c2=O)c1=O. The molecule has 0 spiro atoms. The highest BCUT2D eigenvalue weighted by Gasteiger charge is 2.27. The first-order valence-corrected chi connectivity index (χ1v) is 13.6. The van der Waals surface area contributed by atoms with E-state index in [1.54, 1.807) is 0 Å². The molecule has 2 heterocycles. The lowest BCUT2D eigenvalue weighted by Crippen LogP contribution is -2.36. The number of hydrogen-bond donors (Lipinski definition) is 2. The molecule has 0 bridgehead atoms. The fourth-order valence-electron chi connectivity index (χ4n) is 4.76. The van der Waals surface area contributed by atoms with E-state index in [1.165, 1.54) is 30.7 Å². The monoisotopic (exact) mass is 524 g/mol. The Morgan fingerprint density at radius 3 is 1.32 bits per heavy atom. The van der Waals surface area contributed by atoms with Crippen molar-refractivity contribution in [3.63, 3.8) is 0 Å². The van der Waals surface area contributed by atoms with Crippen molar-refractivity contribution >= 4 is 0 Å². The zero-order chi connectivity index (χ0) is 27.6. The summed E-state index contributed by atoms with van der Waals surface area (Å²) >= 11 is 0. The first-order chi connectivity index (χ1) is 17.5. The van der Waals surface area contributed by atoms with Gasteiger partial charge >= 0.3 is 11.4 Å². The van der Waals surface area contributed by atoms with Crippen molar-refractivity contribution in [3.8, 4) is 11.8 Å². The second-order valence-electron chi connectivity index (χ2n) is 10.9. The summed E-state index contributed by atoms with van der Waals surface area (Å²) in [6.07, 6.45) is 8.96. The minimum atomic E-state index is -0.457. The van der Waals surface area contributed by atoms with Gasteiger partial charge in [-0.2, -0.15) is 0 Å². The van der Waals surface area contributed by atoms with Gasteiger partial charge in [0.2, 0.25) is 11.8 Å². The number of aromatic hydroxyl groups is 2. The summed E-state index contributed by atoms with van der Waals surface area (Å²) in [5.74, 6) is 0.0246. The second kappa shape index (κ2) is 13.9. The smallest absolute Gasteiger partial charge is 0.331 e. The maximum absolute atomic E-state index is 12.4. The van der Waals surface area contributed by atoms with Crippen LogP contribution < -0.4 is 11.4 Å². The molecule has 2 rings (SSSR count). The summed E-state index contributed by atoms with van der Waals surface area (Å²) in [7, 11) is 0. The van der Waals surface area contributed by atoms with Gasteiger partial charge in [0.1, 0.15) is 0 Å². The lowest BCUT2D eigenvalue weighted by molar-refractivity contribution is 0.0778. The first-order valence-electron chi connectivity index (χ1n) is 13.6. The molecule has 0 amide bonds. The molecule has 37 heavy (non-hydrogen) atoms. The van der Waals surface area contributed by atoms with Crippen LogP contribution in [0.4, 0.5) is 0 Å². The number of hydrogen-bond acceptors (Lipinski definition) is 6. The van der Waals surface area contributed by atoms with Crippen LogP contribution in [-0.2, 0) is 33.6 Å². The van der Waals surface area contributed by atoms with Crippen molar-refractivity contribution in [1.82, 2.24) is 18.3 Å². The lowest BCUT2D eigenvalue weighted by atomic mass is 9.97. The average Bonchev–Trinajstić information content (AvgIpc) is 3.30. The Bertz CT molecular complexity index is 992. The van der Waals surface area contributed by atoms with Crippen LogP contribution in [0.2, 0.25) is 0 Å². The number of rotatable bonds is 18. The van der Waals surface area contributed by atoms with E-state index in [2.05, 4.69) is 0 Å². The topological polar surface area (TPSA) is 113 Å². The van der Waals surface area contributed by atoms with Crippen LogP contribution in [-0.4, -0.2) is 54.9 Å². The Labute approximate surface area is 220 Å². The van der Waals surface area contributed by atoms with Crippen LogP contribution in [0.15, 0.2) is 22.0 Å². The Hall–Kier alpha value is -2.46. The van der Waals surface area contributed by atoms with E-state index < -0.39 is 11.1 Å². The number of unbranched alkanes of at least 4 members (excludes halogenated alkanes) is 2. The third kappa shape index (κ3) is 8.26. The Kier molecular flexibility index (Phi) is 11.6. The molecule has 0 unspecified atom stereocenters. The molecule has 212 valence electrons. The van der Waals surface area contributed by atoms with Crippen molar-refractivity contribution in [2.45, 2.75) is 111 Å². The molecule has 0 saturated carbocycles. The molecule has 0 saturated heterocycles. The minimum absolute atomic E-state index is 0.0123. The maximum atomic E-state index is 12.4. The van der Waals surface area contributed by atoms with Crippen molar-refractivity contribution in [2.24, 2.45) is 0 Å². The van der Waals surface area contributed by atoms with Crippen LogP contribution in [0.25, 0.3) is 0 Å². The summed E-state index contributed by atoms with van der Waals surface area (Å²) < 4.78 is 17.4. The predicted molar refractivity (Wildman–Crippen MR) is 145 cm³/mol. The molecule has 0 aliphatic rings. The number of nitrogens with zero attached hydrogens (tertiary/aromatic N) is 4. The summed E-state index contributed by atoms with van der Waals surface area (Å²) in [6, 6.07) is 0. The van der Waals surface area contributed by atoms with Crippen molar-refractivity contribution in [2.75, 3.05) is 26.4 Å². The highest BCUT2D eigenvalue weighted by atomic mass is 16.5. The number of imidazole rings is 2. The molecule has 0 aliphatic heterocycles. The van der Waals surface area contributed by atoms with Gasteiger partial charge in [0.25, 0.3) is 0 Å². The predicted octanol–water partition coefficient (Wildman–Crippen LogP) is 4.00. The van der Waals surface area contributed by atoms with Crippen molar-refractivity contribution < 1.29 is 19.7 Å². The van der Waals surface area contributed by atoms with E-state index in [0.29, 0.717) is 39.5 Å². The fourth-order valence-corrected chi connectivity index (χ4v) is 4.76. The van der Waals surface area contributed by atoms with E-state index >= 15 is 0 Å². The van der Waals surface area contributed by atoms with Gasteiger partial charge in [0.05, 0.1) is 12.4 Å². The van der Waals surface area contributed by atoms with Gasteiger partial charge in [0.15, 0.2) is 0 Å². The molecule has 0 aliphatic carbocycles. The fraction of sp³-hybridized carbons (Fsp3) is 0.778. The lowest BCUT2D eigenvalue weighted by Gasteiger charge is -2.26. The quantitative estimate of drug-likeness (QED) is 0.285. The summed E-state index contributed by atoms with van der Waals surface area (Å²) in [4.78, 5) is 24.9. The zero-order valence-electron chi connectivity index (χ0n) is 23.7. The molecule has 0 fully saturated rings. The Morgan fingerprint density at radius 2 is 1.00 bits per heavy atom. The van der Waals surface area contributed by atoms with E-state index in [4.69, 9.17) is 9.47 Å². The van der Waals surface area contributed by atoms with Crippen LogP contribution in [0.1, 0.15) is 86.5 Å². The Morgan fingerprint density at radius 1 is 0.649 bits per heavy atom. The first kappa shape index (κ1) is 30.8. The summed E-state index contributed by atoms with van der Waals surface area (Å²) in [6.45, 7) is 15.3. The number of aryl methyl sites for hydroxylation is 2. The minimum Gasteiger partial charge on any atom is -0.493 e. The van der Waals surface area contributed by atoms with Crippen LogP contribution >= 0.6 is 0 Å².